The van der Waals surface area contributed by atoms with Crippen molar-refractivity contribution < 1.29 is 9.72 Å². The third-order valence-electron chi connectivity index (χ3n) is 2.89. The number of amides is 1. The number of halogens is 1. The Morgan fingerprint density at radius 2 is 1.76 bits per heavy atom. The molecule has 5 nitrogen and oxygen atoms in total. The number of aryl methyl sites for hydroxylation is 2. The summed E-state index contributed by atoms with van der Waals surface area (Å²) >= 11 is 5.93. The predicted octanol–water partition coefficient (Wildman–Crippen LogP) is 4.12. The minimum absolute atomic E-state index is 0.0473. The highest BCUT2D eigenvalue weighted by molar-refractivity contribution is 6.34. The van der Waals surface area contributed by atoms with E-state index in [1.807, 2.05) is 32.0 Å². The van der Waals surface area contributed by atoms with E-state index in [1.165, 1.54) is 12.1 Å². The lowest BCUT2D eigenvalue weighted by molar-refractivity contribution is -0.384. The number of nitro benzene ring substituents is 1. The average molecular weight is 305 g/mol. The van der Waals surface area contributed by atoms with Crippen LogP contribution in [-0.4, -0.2) is 10.8 Å². The SMILES string of the molecule is Cc1cc(C)cc(NC(=O)c2ccc([N+](=O)[O-])cc2Cl)c1. The second kappa shape index (κ2) is 5.93. The third-order valence-corrected chi connectivity index (χ3v) is 3.20. The maximum atomic E-state index is 12.2. The molecule has 1 N–H and O–H groups in total. The van der Waals surface area contributed by atoms with Gasteiger partial charge in [0.05, 0.1) is 15.5 Å². The van der Waals surface area contributed by atoms with Crippen molar-refractivity contribution in [3.63, 3.8) is 0 Å². The lowest BCUT2D eigenvalue weighted by Gasteiger charge is -2.08. The highest BCUT2D eigenvalue weighted by Crippen LogP contribution is 2.24. The second-order valence-corrected chi connectivity index (χ2v) is 5.16. The first kappa shape index (κ1) is 15.0. The lowest BCUT2D eigenvalue weighted by Crippen LogP contribution is -2.12. The molecule has 2 rings (SSSR count). The highest BCUT2D eigenvalue weighted by atomic mass is 35.5. The number of nitro groups is 1. The molecular weight excluding hydrogens is 292 g/mol. The molecule has 0 heterocycles. The zero-order valence-corrected chi connectivity index (χ0v) is 12.3. The van der Waals surface area contributed by atoms with Crippen molar-refractivity contribution in [1.29, 1.82) is 0 Å². The fourth-order valence-electron chi connectivity index (χ4n) is 2.05. The molecule has 0 fully saturated rings. The molecule has 6 heteroatoms. The summed E-state index contributed by atoms with van der Waals surface area (Å²) < 4.78 is 0. The zero-order chi connectivity index (χ0) is 15.6. The van der Waals surface area contributed by atoms with Crippen LogP contribution in [0, 0.1) is 24.0 Å². The first-order chi connectivity index (χ1) is 9.86. The molecule has 0 spiro atoms. The van der Waals surface area contributed by atoms with Gasteiger partial charge < -0.3 is 5.32 Å². The average Bonchev–Trinajstić information content (AvgIpc) is 2.36. The Kier molecular flexibility index (Phi) is 4.23. The van der Waals surface area contributed by atoms with Gasteiger partial charge in [0.25, 0.3) is 11.6 Å². The molecule has 0 atom stereocenters. The normalized spacial score (nSPS) is 10.2. The summed E-state index contributed by atoms with van der Waals surface area (Å²) in [6, 6.07) is 9.43. The van der Waals surface area contributed by atoms with Crippen molar-refractivity contribution >= 4 is 28.9 Å². The Balaban J connectivity index is 2.26. The molecule has 0 radical (unpaired) electrons. The van der Waals surface area contributed by atoms with Crippen LogP contribution < -0.4 is 5.32 Å². The van der Waals surface area contributed by atoms with Crippen molar-refractivity contribution in [3.05, 3.63) is 68.2 Å². The number of anilines is 1. The number of nitrogens with one attached hydrogen (secondary N) is 1. The Bertz CT molecular complexity index is 709. The van der Waals surface area contributed by atoms with E-state index in [0.717, 1.165) is 17.2 Å². The van der Waals surface area contributed by atoms with Crippen molar-refractivity contribution in [2.45, 2.75) is 13.8 Å². The topological polar surface area (TPSA) is 72.2 Å². The van der Waals surface area contributed by atoms with E-state index in [9.17, 15) is 14.9 Å². The number of hydrogen-bond donors (Lipinski definition) is 1. The molecule has 1 amide bonds. The molecule has 0 aliphatic rings. The molecule has 2 aromatic carbocycles. The van der Waals surface area contributed by atoms with E-state index >= 15 is 0 Å². The molecule has 21 heavy (non-hydrogen) atoms. The molecule has 108 valence electrons. The van der Waals surface area contributed by atoms with Gasteiger partial charge in [-0.25, -0.2) is 0 Å². The van der Waals surface area contributed by atoms with Crippen LogP contribution in [-0.2, 0) is 0 Å². The Labute approximate surface area is 126 Å². The monoisotopic (exact) mass is 304 g/mol. The number of carbonyl (C=O) groups excluding carboxylic acids is 1. The van der Waals surface area contributed by atoms with Gasteiger partial charge in [0, 0.05) is 17.8 Å². The quantitative estimate of drug-likeness (QED) is 0.685. The maximum absolute atomic E-state index is 12.2. The zero-order valence-electron chi connectivity index (χ0n) is 11.5. The first-order valence-corrected chi connectivity index (χ1v) is 6.58. The van der Waals surface area contributed by atoms with Gasteiger partial charge in [0.2, 0.25) is 0 Å². The van der Waals surface area contributed by atoms with E-state index in [1.54, 1.807) is 0 Å². The van der Waals surface area contributed by atoms with E-state index in [-0.39, 0.29) is 16.3 Å². The Morgan fingerprint density at radius 1 is 1.14 bits per heavy atom. The van der Waals surface area contributed by atoms with Crippen molar-refractivity contribution in [2.24, 2.45) is 0 Å². The van der Waals surface area contributed by atoms with Crippen LogP contribution in [0.2, 0.25) is 5.02 Å². The van der Waals surface area contributed by atoms with E-state index < -0.39 is 10.8 Å². The Hall–Kier alpha value is -2.40. The van der Waals surface area contributed by atoms with Crippen LogP contribution in [0.25, 0.3) is 0 Å². The number of non-ortho nitro benzene ring substituents is 1. The number of nitrogens with zero attached hydrogens (tertiary/aromatic N) is 1. The van der Waals surface area contributed by atoms with Gasteiger partial charge in [-0.05, 0) is 43.2 Å². The summed E-state index contributed by atoms with van der Waals surface area (Å²) in [6.07, 6.45) is 0. The summed E-state index contributed by atoms with van der Waals surface area (Å²) in [7, 11) is 0. The van der Waals surface area contributed by atoms with Crippen molar-refractivity contribution in [2.75, 3.05) is 5.32 Å². The minimum atomic E-state index is -0.558. The summed E-state index contributed by atoms with van der Waals surface area (Å²) in [5, 5.41) is 13.4. The van der Waals surface area contributed by atoms with Gasteiger partial charge >= 0.3 is 0 Å². The van der Waals surface area contributed by atoms with Crippen molar-refractivity contribution in [3.8, 4) is 0 Å². The summed E-state index contributed by atoms with van der Waals surface area (Å²) in [4.78, 5) is 22.3. The number of hydrogen-bond acceptors (Lipinski definition) is 3. The lowest BCUT2D eigenvalue weighted by atomic mass is 10.1. The predicted molar refractivity (Wildman–Crippen MR) is 82.0 cm³/mol. The largest absolute Gasteiger partial charge is 0.322 e. The molecule has 0 saturated heterocycles. The van der Waals surface area contributed by atoms with Crippen LogP contribution in [0.15, 0.2) is 36.4 Å². The van der Waals surface area contributed by atoms with Crippen LogP contribution in [0.3, 0.4) is 0 Å². The smallest absolute Gasteiger partial charge is 0.270 e. The molecular formula is C15H13ClN2O3. The van der Waals surface area contributed by atoms with Gasteiger partial charge in [-0.15, -0.1) is 0 Å². The fraction of sp³-hybridized carbons (Fsp3) is 0.133. The number of carbonyl (C=O) groups is 1. The van der Waals surface area contributed by atoms with Gasteiger partial charge in [0.1, 0.15) is 0 Å². The molecule has 0 aliphatic heterocycles. The Morgan fingerprint density at radius 3 is 2.29 bits per heavy atom. The third kappa shape index (κ3) is 3.58. The second-order valence-electron chi connectivity index (χ2n) is 4.75. The van der Waals surface area contributed by atoms with Crippen LogP contribution >= 0.6 is 11.6 Å². The van der Waals surface area contributed by atoms with E-state index in [0.29, 0.717) is 5.69 Å². The molecule has 0 unspecified atom stereocenters. The molecule has 0 bridgehead atoms. The number of rotatable bonds is 3. The fourth-order valence-corrected chi connectivity index (χ4v) is 2.31. The molecule has 0 saturated carbocycles. The van der Waals surface area contributed by atoms with E-state index in [2.05, 4.69) is 5.32 Å². The van der Waals surface area contributed by atoms with Crippen LogP contribution in [0.1, 0.15) is 21.5 Å². The molecule has 2 aromatic rings. The first-order valence-electron chi connectivity index (χ1n) is 6.20. The standard InChI is InChI=1S/C15H13ClN2O3/c1-9-5-10(2)7-11(6-9)17-15(19)13-4-3-12(18(20)21)8-14(13)16/h3-8H,1-2H3,(H,17,19). The van der Waals surface area contributed by atoms with Gasteiger partial charge in [-0.3, -0.25) is 14.9 Å². The summed E-state index contributed by atoms with van der Waals surface area (Å²) in [5.74, 6) is -0.403. The molecule has 0 aromatic heterocycles. The van der Waals surface area contributed by atoms with Crippen LogP contribution in [0.5, 0.6) is 0 Å². The highest BCUT2D eigenvalue weighted by Gasteiger charge is 2.15. The van der Waals surface area contributed by atoms with Crippen LogP contribution in [0.4, 0.5) is 11.4 Å². The van der Waals surface area contributed by atoms with Crippen molar-refractivity contribution in [1.82, 2.24) is 0 Å². The van der Waals surface area contributed by atoms with E-state index in [4.69, 9.17) is 11.6 Å². The summed E-state index contributed by atoms with van der Waals surface area (Å²) in [5.41, 5.74) is 2.76. The van der Waals surface area contributed by atoms with Gasteiger partial charge in [0.15, 0.2) is 0 Å². The maximum Gasteiger partial charge on any atom is 0.270 e. The minimum Gasteiger partial charge on any atom is -0.322 e. The van der Waals surface area contributed by atoms with Gasteiger partial charge in [-0.2, -0.15) is 0 Å². The van der Waals surface area contributed by atoms with Gasteiger partial charge in [-0.1, -0.05) is 17.7 Å². The number of benzene rings is 2. The molecule has 0 aliphatic carbocycles. The summed E-state index contributed by atoms with van der Waals surface area (Å²) in [6.45, 7) is 3.86.